The molecule has 0 spiro atoms. The molecule has 0 aromatic carbocycles. The minimum Gasteiger partial charge on any atom is -0.379 e. The van der Waals surface area contributed by atoms with E-state index in [4.69, 9.17) is 4.74 Å². The Morgan fingerprint density at radius 3 is 2.70 bits per heavy atom. The van der Waals surface area contributed by atoms with Gasteiger partial charge in [0, 0.05) is 49.9 Å². The van der Waals surface area contributed by atoms with E-state index in [1.807, 2.05) is 24.0 Å². The predicted molar refractivity (Wildman–Crippen MR) is 90.0 cm³/mol. The van der Waals surface area contributed by atoms with E-state index < -0.39 is 0 Å². The van der Waals surface area contributed by atoms with Gasteiger partial charge in [-0.05, 0) is 25.5 Å². The molecule has 3 rings (SSSR count). The summed E-state index contributed by atoms with van der Waals surface area (Å²) < 4.78 is 5.38. The van der Waals surface area contributed by atoms with Gasteiger partial charge in [-0.1, -0.05) is 0 Å². The Labute approximate surface area is 141 Å². The van der Waals surface area contributed by atoms with Crippen molar-refractivity contribution in [3.63, 3.8) is 0 Å². The van der Waals surface area contributed by atoms with E-state index in [1.165, 1.54) is 11.3 Å². The molecule has 0 bridgehead atoms. The van der Waals surface area contributed by atoms with Crippen LogP contribution >= 0.6 is 11.3 Å². The molecular weight excluding hydrogens is 312 g/mol. The maximum Gasteiger partial charge on any atom is 0.223 e. The van der Waals surface area contributed by atoms with Crippen molar-refractivity contribution in [2.75, 3.05) is 39.4 Å². The van der Waals surface area contributed by atoms with Gasteiger partial charge in [-0.15, -0.1) is 11.3 Å². The van der Waals surface area contributed by atoms with Crippen LogP contribution in [0.1, 0.15) is 33.8 Å². The predicted octanol–water partition coefficient (Wildman–Crippen LogP) is 1.95. The molecule has 2 aliphatic rings. The van der Waals surface area contributed by atoms with Gasteiger partial charge in [0.1, 0.15) is 0 Å². The van der Waals surface area contributed by atoms with Gasteiger partial charge in [-0.3, -0.25) is 14.5 Å². The number of thiophene rings is 1. The number of carbonyl (C=O) groups excluding carboxylic acids is 2. The largest absolute Gasteiger partial charge is 0.379 e. The molecule has 1 atom stereocenters. The van der Waals surface area contributed by atoms with E-state index in [0.717, 1.165) is 55.6 Å². The van der Waals surface area contributed by atoms with Crippen molar-refractivity contribution in [3.8, 4) is 0 Å². The fourth-order valence-corrected chi connectivity index (χ4v) is 4.13. The number of ketones is 1. The van der Waals surface area contributed by atoms with Crippen molar-refractivity contribution in [1.82, 2.24) is 9.80 Å². The molecule has 5 nitrogen and oxygen atoms in total. The quantitative estimate of drug-likeness (QED) is 0.771. The monoisotopic (exact) mass is 336 g/mol. The summed E-state index contributed by atoms with van der Waals surface area (Å²) >= 11 is 1.51. The summed E-state index contributed by atoms with van der Waals surface area (Å²) in [5.41, 5.74) is 0. The van der Waals surface area contributed by atoms with Gasteiger partial charge in [-0.25, -0.2) is 0 Å². The lowest BCUT2D eigenvalue weighted by atomic mass is 10.2. The number of ether oxygens (including phenoxy) is 1. The highest BCUT2D eigenvalue weighted by atomic mass is 32.1. The molecule has 0 unspecified atom stereocenters. The lowest BCUT2D eigenvalue weighted by Crippen LogP contribution is -2.45. The van der Waals surface area contributed by atoms with Gasteiger partial charge in [0.2, 0.25) is 5.91 Å². The number of carbonyl (C=O) groups is 2. The van der Waals surface area contributed by atoms with Gasteiger partial charge in [0.05, 0.1) is 18.1 Å². The molecule has 2 fully saturated rings. The van der Waals surface area contributed by atoms with Crippen molar-refractivity contribution in [1.29, 1.82) is 0 Å². The fraction of sp³-hybridized carbons (Fsp3) is 0.647. The van der Waals surface area contributed by atoms with Crippen LogP contribution in [0.4, 0.5) is 0 Å². The third-order valence-electron chi connectivity index (χ3n) is 4.66. The minimum absolute atomic E-state index is 0.0837. The van der Waals surface area contributed by atoms with Crippen LogP contribution < -0.4 is 0 Å². The smallest absolute Gasteiger partial charge is 0.223 e. The SMILES string of the molecule is Cc1ccc(C(=O)CCC(=O)N2CC[C@@H](N3CCOCC3)C2)s1. The first-order valence-electron chi connectivity index (χ1n) is 8.32. The molecular formula is C17H24N2O3S. The number of nitrogens with zero attached hydrogens (tertiary/aromatic N) is 2. The van der Waals surface area contributed by atoms with E-state index in [9.17, 15) is 9.59 Å². The van der Waals surface area contributed by atoms with Crippen molar-refractivity contribution >= 4 is 23.0 Å². The average Bonchev–Trinajstić information content (AvgIpc) is 3.22. The standard InChI is InChI=1S/C17H24N2O3S/c1-13-2-4-16(23-13)15(20)3-5-17(21)19-7-6-14(12-19)18-8-10-22-11-9-18/h2,4,14H,3,5-12H2,1H3/t14-/m1/s1. The second-order valence-electron chi connectivity index (χ2n) is 6.26. The van der Waals surface area contributed by atoms with Crippen LogP contribution in [-0.2, 0) is 9.53 Å². The summed E-state index contributed by atoms with van der Waals surface area (Å²) in [7, 11) is 0. The molecule has 6 heteroatoms. The van der Waals surface area contributed by atoms with Crippen LogP contribution in [0, 0.1) is 6.92 Å². The number of morpholine rings is 1. The summed E-state index contributed by atoms with van der Waals surface area (Å²) in [5, 5.41) is 0. The van der Waals surface area contributed by atoms with Crippen LogP contribution in [0.5, 0.6) is 0 Å². The van der Waals surface area contributed by atoms with Crippen LogP contribution in [0.15, 0.2) is 12.1 Å². The van der Waals surface area contributed by atoms with Crippen molar-refractivity contribution in [2.24, 2.45) is 0 Å². The number of amides is 1. The summed E-state index contributed by atoms with van der Waals surface area (Å²) in [4.78, 5) is 30.7. The number of likely N-dealkylation sites (tertiary alicyclic amines) is 1. The molecule has 23 heavy (non-hydrogen) atoms. The number of hydrogen-bond donors (Lipinski definition) is 0. The third kappa shape index (κ3) is 4.19. The number of Topliss-reactive ketones (excluding diaryl/α,β-unsaturated/α-hetero) is 1. The number of rotatable bonds is 5. The van der Waals surface area contributed by atoms with E-state index in [2.05, 4.69) is 4.90 Å². The molecule has 1 aromatic heterocycles. The molecule has 1 amide bonds. The maximum absolute atomic E-state index is 12.3. The Morgan fingerprint density at radius 2 is 2.00 bits per heavy atom. The Hall–Kier alpha value is -1.24. The Bertz CT molecular complexity index is 566. The molecule has 2 aliphatic heterocycles. The third-order valence-corrected chi connectivity index (χ3v) is 5.70. The maximum atomic E-state index is 12.3. The number of aryl methyl sites for hydroxylation is 1. The van der Waals surface area contributed by atoms with Crippen molar-refractivity contribution < 1.29 is 14.3 Å². The first kappa shape index (κ1) is 16.6. The van der Waals surface area contributed by atoms with Crippen LogP contribution in [0.2, 0.25) is 0 Å². The van der Waals surface area contributed by atoms with Gasteiger partial charge in [0.25, 0.3) is 0 Å². The summed E-state index contributed by atoms with van der Waals surface area (Å²) in [6, 6.07) is 4.27. The zero-order valence-electron chi connectivity index (χ0n) is 13.6. The second-order valence-corrected chi connectivity index (χ2v) is 7.55. The first-order chi connectivity index (χ1) is 11.1. The Kier molecular flexibility index (Phi) is 5.46. The minimum atomic E-state index is 0.0837. The van der Waals surface area contributed by atoms with Gasteiger partial charge >= 0.3 is 0 Å². The molecule has 3 heterocycles. The summed E-state index contributed by atoms with van der Waals surface area (Å²) in [6.07, 6.45) is 1.67. The van der Waals surface area contributed by atoms with E-state index >= 15 is 0 Å². The highest BCUT2D eigenvalue weighted by molar-refractivity contribution is 7.14. The van der Waals surface area contributed by atoms with Gasteiger partial charge < -0.3 is 9.64 Å². The van der Waals surface area contributed by atoms with E-state index in [0.29, 0.717) is 18.9 Å². The Balaban J connectivity index is 1.44. The fourth-order valence-electron chi connectivity index (χ4n) is 3.30. The molecule has 0 aliphatic carbocycles. The van der Waals surface area contributed by atoms with Crippen molar-refractivity contribution in [3.05, 3.63) is 21.9 Å². The highest BCUT2D eigenvalue weighted by Crippen LogP contribution is 2.20. The lowest BCUT2D eigenvalue weighted by molar-refractivity contribution is -0.130. The summed E-state index contributed by atoms with van der Waals surface area (Å²) in [6.45, 7) is 7.10. The molecule has 0 radical (unpaired) electrons. The zero-order valence-corrected chi connectivity index (χ0v) is 14.4. The molecule has 1 aromatic rings. The van der Waals surface area contributed by atoms with Crippen LogP contribution in [0.25, 0.3) is 0 Å². The van der Waals surface area contributed by atoms with E-state index in [-0.39, 0.29) is 11.7 Å². The molecule has 2 saturated heterocycles. The lowest BCUT2D eigenvalue weighted by Gasteiger charge is -2.32. The highest BCUT2D eigenvalue weighted by Gasteiger charge is 2.31. The summed E-state index contributed by atoms with van der Waals surface area (Å²) in [5.74, 6) is 0.197. The second kappa shape index (κ2) is 7.55. The van der Waals surface area contributed by atoms with Crippen molar-refractivity contribution in [2.45, 2.75) is 32.2 Å². The molecule has 0 N–H and O–H groups in total. The zero-order chi connectivity index (χ0) is 16.2. The van der Waals surface area contributed by atoms with Gasteiger partial charge in [-0.2, -0.15) is 0 Å². The topological polar surface area (TPSA) is 49.9 Å². The van der Waals surface area contributed by atoms with Gasteiger partial charge in [0.15, 0.2) is 5.78 Å². The first-order valence-corrected chi connectivity index (χ1v) is 9.14. The number of hydrogen-bond acceptors (Lipinski definition) is 5. The Morgan fingerprint density at radius 1 is 1.22 bits per heavy atom. The molecule has 126 valence electrons. The van der Waals surface area contributed by atoms with Crippen LogP contribution in [-0.4, -0.2) is 66.9 Å². The van der Waals surface area contributed by atoms with Crippen LogP contribution in [0.3, 0.4) is 0 Å². The average molecular weight is 336 g/mol. The molecule has 0 saturated carbocycles. The normalized spacial score (nSPS) is 22.5. The van der Waals surface area contributed by atoms with E-state index in [1.54, 1.807) is 0 Å².